The number of methoxy groups -OCH3 is 1. The molecular formula is C29H34FN3O4. The van der Waals surface area contributed by atoms with Gasteiger partial charge in [-0.15, -0.1) is 0 Å². The first-order chi connectivity index (χ1) is 17.8. The number of nitrogens with zero attached hydrogens (tertiary/aromatic N) is 2. The standard InChI is InChI=1S/C29H34FN3O4/c1-32(2)16-26(34)23-12-13-33-25-14-17(29(35)36)8-10-21(25)27(19-6-4-5-7-22(19)30)28(33)20-11-9-18(37-3)15-24(20)31-23/h8-11,14-15,19,22-23,31H,4-7,12-13,16H2,1-3H3,(H,35,36)/t19?,22-,23?/m0/s1. The summed E-state index contributed by atoms with van der Waals surface area (Å²) in [6.07, 6.45) is 2.66. The summed E-state index contributed by atoms with van der Waals surface area (Å²) in [6, 6.07) is 10.4. The van der Waals surface area contributed by atoms with E-state index >= 15 is 4.39 Å². The van der Waals surface area contributed by atoms with Gasteiger partial charge in [0.15, 0.2) is 5.78 Å². The Balaban J connectivity index is 1.77. The lowest BCUT2D eigenvalue weighted by atomic mass is 9.80. The summed E-state index contributed by atoms with van der Waals surface area (Å²) >= 11 is 0. The van der Waals surface area contributed by atoms with Gasteiger partial charge in [0.25, 0.3) is 0 Å². The molecule has 2 aromatic carbocycles. The summed E-state index contributed by atoms with van der Waals surface area (Å²) < 4.78 is 23.1. The van der Waals surface area contributed by atoms with Crippen LogP contribution < -0.4 is 10.1 Å². The summed E-state index contributed by atoms with van der Waals surface area (Å²) in [5.41, 5.74) is 4.41. The van der Waals surface area contributed by atoms with Crippen LogP contribution in [-0.2, 0) is 11.3 Å². The highest BCUT2D eigenvalue weighted by atomic mass is 19.1. The molecule has 1 aromatic heterocycles. The first kappa shape index (κ1) is 25.3. The van der Waals surface area contributed by atoms with Crippen molar-refractivity contribution in [2.24, 2.45) is 0 Å². The number of hydrogen-bond acceptors (Lipinski definition) is 5. The Kier molecular flexibility index (Phi) is 6.94. The van der Waals surface area contributed by atoms with Crippen LogP contribution in [0.2, 0.25) is 0 Å². The Morgan fingerprint density at radius 2 is 1.92 bits per heavy atom. The van der Waals surface area contributed by atoms with Crippen molar-refractivity contribution < 1.29 is 23.8 Å². The van der Waals surface area contributed by atoms with Crippen molar-refractivity contribution in [1.82, 2.24) is 9.47 Å². The number of fused-ring (bicyclic) bond motifs is 5. The molecule has 0 saturated heterocycles. The number of ketones is 1. The number of hydrogen-bond donors (Lipinski definition) is 2. The van der Waals surface area contributed by atoms with Gasteiger partial charge >= 0.3 is 5.97 Å². The molecule has 2 unspecified atom stereocenters. The van der Waals surface area contributed by atoms with E-state index in [1.807, 2.05) is 43.3 Å². The van der Waals surface area contributed by atoms with E-state index in [1.165, 1.54) is 0 Å². The van der Waals surface area contributed by atoms with Crippen molar-refractivity contribution in [2.75, 3.05) is 33.1 Å². The molecule has 0 radical (unpaired) electrons. The van der Waals surface area contributed by atoms with E-state index in [1.54, 1.807) is 19.2 Å². The van der Waals surface area contributed by atoms with E-state index < -0.39 is 18.2 Å². The van der Waals surface area contributed by atoms with Crippen LogP contribution in [-0.4, -0.2) is 66.3 Å². The summed E-state index contributed by atoms with van der Waals surface area (Å²) in [7, 11) is 5.34. The number of ether oxygens (including phenoxy) is 1. The Morgan fingerprint density at radius 1 is 1.14 bits per heavy atom. The van der Waals surface area contributed by atoms with Crippen LogP contribution in [0, 0.1) is 0 Å². The number of benzene rings is 2. The van der Waals surface area contributed by atoms with E-state index in [-0.39, 0.29) is 17.3 Å². The van der Waals surface area contributed by atoms with Gasteiger partial charge < -0.3 is 24.6 Å². The fraction of sp³-hybridized carbons (Fsp3) is 0.448. The number of rotatable bonds is 6. The molecule has 1 saturated carbocycles. The zero-order valence-electron chi connectivity index (χ0n) is 21.6. The molecule has 7 nitrogen and oxygen atoms in total. The molecule has 0 spiro atoms. The Bertz CT molecular complexity index is 1350. The maximum Gasteiger partial charge on any atom is 0.335 e. The molecule has 1 aliphatic heterocycles. The van der Waals surface area contributed by atoms with Gasteiger partial charge in [0.05, 0.1) is 31.0 Å². The smallest absolute Gasteiger partial charge is 0.335 e. The number of likely N-dealkylation sites (N-methyl/N-ethyl adjacent to an activating group) is 1. The number of alkyl halides is 1. The number of aromatic carboxylic acids is 1. The van der Waals surface area contributed by atoms with Crippen LogP contribution in [0.4, 0.5) is 10.1 Å². The van der Waals surface area contributed by atoms with Crippen molar-refractivity contribution in [3.05, 3.63) is 47.5 Å². The fourth-order valence-electron chi connectivity index (χ4n) is 5.98. The lowest BCUT2D eigenvalue weighted by molar-refractivity contribution is -0.120. The third-order valence-electron chi connectivity index (χ3n) is 7.72. The molecular weight excluding hydrogens is 473 g/mol. The van der Waals surface area contributed by atoms with Crippen LogP contribution in [0.15, 0.2) is 36.4 Å². The minimum absolute atomic E-state index is 0.0706. The highest BCUT2D eigenvalue weighted by Crippen LogP contribution is 2.48. The van der Waals surface area contributed by atoms with Crippen molar-refractivity contribution in [2.45, 2.75) is 56.8 Å². The van der Waals surface area contributed by atoms with Crippen molar-refractivity contribution in [3.8, 4) is 17.0 Å². The predicted octanol–water partition coefficient (Wildman–Crippen LogP) is 5.33. The van der Waals surface area contributed by atoms with E-state index in [0.717, 1.165) is 52.7 Å². The van der Waals surface area contributed by atoms with Gasteiger partial charge in [-0.3, -0.25) is 4.79 Å². The van der Waals surface area contributed by atoms with Gasteiger partial charge in [-0.1, -0.05) is 18.9 Å². The molecule has 196 valence electrons. The average Bonchev–Trinajstić information content (AvgIpc) is 3.17. The number of carboxylic acids is 1. The van der Waals surface area contributed by atoms with Gasteiger partial charge in [0, 0.05) is 40.7 Å². The minimum Gasteiger partial charge on any atom is -0.497 e. The summed E-state index contributed by atoms with van der Waals surface area (Å²) in [4.78, 5) is 26.9. The number of aromatic nitrogens is 1. The van der Waals surface area contributed by atoms with E-state index in [0.29, 0.717) is 31.7 Å². The fourth-order valence-corrected chi connectivity index (χ4v) is 5.98. The number of carboxylic acid groups (broad SMARTS) is 1. The molecule has 0 amide bonds. The largest absolute Gasteiger partial charge is 0.497 e. The third kappa shape index (κ3) is 4.70. The maximum atomic E-state index is 15.5. The minimum atomic E-state index is -1.00. The molecule has 37 heavy (non-hydrogen) atoms. The first-order valence-corrected chi connectivity index (χ1v) is 12.9. The van der Waals surface area contributed by atoms with E-state index in [2.05, 4.69) is 9.88 Å². The van der Waals surface area contributed by atoms with Gasteiger partial charge in [0.2, 0.25) is 0 Å². The molecule has 2 aliphatic rings. The topological polar surface area (TPSA) is 83.8 Å². The van der Waals surface area contributed by atoms with Crippen molar-refractivity contribution in [3.63, 3.8) is 0 Å². The summed E-state index contributed by atoms with van der Waals surface area (Å²) in [5, 5.41) is 14.1. The molecule has 1 fully saturated rings. The molecule has 3 aromatic rings. The second-order valence-corrected chi connectivity index (χ2v) is 10.5. The predicted molar refractivity (Wildman–Crippen MR) is 143 cm³/mol. The number of anilines is 1. The van der Waals surface area contributed by atoms with Crippen molar-refractivity contribution in [1.29, 1.82) is 0 Å². The lowest BCUT2D eigenvalue weighted by Crippen LogP contribution is -2.38. The van der Waals surface area contributed by atoms with Crippen molar-refractivity contribution >= 4 is 28.3 Å². The number of aryl methyl sites for hydroxylation is 1. The Hall–Kier alpha value is -3.39. The van der Waals surface area contributed by atoms with Gasteiger partial charge in [-0.25, -0.2) is 9.18 Å². The summed E-state index contributed by atoms with van der Waals surface area (Å²) in [5.74, 6) is -0.550. The molecule has 2 heterocycles. The van der Waals surface area contributed by atoms with Gasteiger partial charge in [0.1, 0.15) is 11.9 Å². The molecule has 1 aliphatic carbocycles. The first-order valence-electron chi connectivity index (χ1n) is 12.9. The number of Topliss-reactive ketones (excluding diaryl/α,β-unsaturated/α-hetero) is 1. The average molecular weight is 508 g/mol. The van der Waals surface area contributed by atoms with Crippen LogP contribution in [0.3, 0.4) is 0 Å². The monoisotopic (exact) mass is 507 g/mol. The molecule has 5 rings (SSSR count). The molecule has 0 bridgehead atoms. The highest BCUT2D eigenvalue weighted by Gasteiger charge is 2.35. The molecule has 8 heteroatoms. The molecule has 3 atom stereocenters. The Labute approximate surface area is 216 Å². The van der Waals surface area contributed by atoms with E-state index in [9.17, 15) is 14.7 Å². The Morgan fingerprint density at radius 3 is 2.62 bits per heavy atom. The number of carbonyl (C=O) groups excluding carboxylic acids is 1. The van der Waals surface area contributed by atoms with E-state index in [4.69, 9.17) is 4.74 Å². The maximum absolute atomic E-state index is 15.5. The SMILES string of the molecule is COc1ccc2c(c1)NC(C(=O)CN(C)C)CCn1c-2c(C2CCCC[C@@H]2F)c2ccc(C(=O)O)cc21. The number of carbonyl (C=O) groups is 2. The normalized spacial score (nSPS) is 21.5. The quantitative estimate of drug-likeness (QED) is 0.470. The molecule has 2 N–H and O–H groups in total. The lowest BCUT2D eigenvalue weighted by Gasteiger charge is -2.30. The zero-order chi connectivity index (χ0) is 26.3. The van der Waals surface area contributed by atoms with Gasteiger partial charge in [-0.05, 0) is 63.2 Å². The second kappa shape index (κ2) is 10.2. The zero-order valence-corrected chi connectivity index (χ0v) is 21.6. The second-order valence-electron chi connectivity index (χ2n) is 10.5. The summed E-state index contributed by atoms with van der Waals surface area (Å²) in [6.45, 7) is 0.803. The third-order valence-corrected chi connectivity index (χ3v) is 7.72. The van der Waals surface area contributed by atoms with Crippen LogP contribution in [0.5, 0.6) is 5.75 Å². The van der Waals surface area contributed by atoms with Crippen LogP contribution >= 0.6 is 0 Å². The number of nitrogens with one attached hydrogen (secondary N) is 1. The van der Waals surface area contributed by atoms with Crippen LogP contribution in [0.25, 0.3) is 22.2 Å². The van der Waals surface area contributed by atoms with Crippen LogP contribution in [0.1, 0.15) is 53.9 Å². The highest BCUT2D eigenvalue weighted by molar-refractivity contribution is 6.00. The van der Waals surface area contributed by atoms with Gasteiger partial charge in [-0.2, -0.15) is 0 Å². The number of halogens is 1.